The van der Waals surface area contributed by atoms with Crippen LogP contribution in [0.15, 0.2) is 36.4 Å². The minimum absolute atomic E-state index is 0.0434. The minimum atomic E-state index is -1.16. The van der Waals surface area contributed by atoms with Crippen LogP contribution in [0, 0.1) is 12.7 Å². The highest BCUT2D eigenvalue weighted by atomic mass is 35.5. The molecule has 0 amide bonds. The van der Waals surface area contributed by atoms with E-state index >= 15 is 0 Å². The fourth-order valence-electron chi connectivity index (χ4n) is 1.80. The highest BCUT2D eigenvalue weighted by molar-refractivity contribution is 6.36. The minimum Gasteiger partial charge on any atom is -0.478 e. The molecular formula is C16H11Cl2FO2. The topological polar surface area (TPSA) is 37.3 Å². The molecule has 0 aliphatic rings. The standard InChI is InChI=1S/C16H11Cl2FO2/c1-9-2-3-10(7-15(9)19)13(16(20)21)6-11-4-5-12(17)8-14(11)18/h2-8H,1H3,(H,20,21)/b13-6-. The quantitative estimate of drug-likeness (QED) is 0.632. The maximum Gasteiger partial charge on any atom is 0.336 e. The van der Waals surface area contributed by atoms with Gasteiger partial charge in [0, 0.05) is 10.0 Å². The van der Waals surface area contributed by atoms with Crippen molar-refractivity contribution < 1.29 is 14.3 Å². The third-order valence-electron chi connectivity index (χ3n) is 2.98. The third kappa shape index (κ3) is 3.63. The lowest BCUT2D eigenvalue weighted by Gasteiger charge is -2.06. The van der Waals surface area contributed by atoms with Crippen molar-refractivity contribution in [2.45, 2.75) is 6.92 Å². The Balaban J connectivity index is 2.55. The Morgan fingerprint density at radius 2 is 1.90 bits per heavy atom. The molecule has 0 aliphatic carbocycles. The molecule has 1 N–H and O–H groups in total. The van der Waals surface area contributed by atoms with Crippen molar-refractivity contribution in [3.8, 4) is 0 Å². The third-order valence-corrected chi connectivity index (χ3v) is 3.54. The van der Waals surface area contributed by atoms with Crippen LogP contribution in [0.4, 0.5) is 4.39 Å². The molecule has 0 saturated carbocycles. The van der Waals surface area contributed by atoms with Gasteiger partial charge in [-0.3, -0.25) is 0 Å². The van der Waals surface area contributed by atoms with Crippen molar-refractivity contribution in [1.82, 2.24) is 0 Å². The number of carboxylic acids is 1. The normalized spacial score (nSPS) is 11.5. The van der Waals surface area contributed by atoms with Crippen LogP contribution in [0.3, 0.4) is 0 Å². The maximum atomic E-state index is 13.6. The van der Waals surface area contributed by atoms with Gasteiger partial charge in [-0.2, -0.15) is 0 Å². The van der Waals surface area contributed by atoms with Gasteiger partial charge >= 0.3 is 5.97 Å². The number of hydrogen-bond donors (Lipinski definition) is 1. The molecule has 0 heterocycles. The van der Waals surface area contributed by atoms with E-state index in [1.165, 1.54) is 24.3 Å². The number of aliphatic carboxylic acids is 1. The number of aryl methyl sites for hydroxylation is 1. The predicted molar refractivity (Wildman–Crippen MR) is 83.1 cm³/mol. The van der Waals surface area contributed by atoms with Gasteiger partial charge in [-0.05, 0) is 47.9 Å². The lowest BCUT2D eigenvalue weighted by molar-refractivity contribution is -0.130. The Morgan fingerprint density at radius 1 is 1.19 bits per heavy atom. The van der Waals surface area contributed by atoms with E-state index in [2.05, 4.69) is 0 Å². The number of benzene rings is 2. The zero-order valence-electron chi connectivity index (χ0n) is 11.0. The summed E-state index contributed by atoms with van der Waals surface area (Å²) in [5.41, 5.74) is 1.18. The molecule has 0 aromatic heterocycles. The van der Waals surface area contributed by atoms with Crippen LogP contribution in [0.5, 0.6) is 0 Å². The fraction of sp³-hybridized carbons (Fsp3) is 0.0625. The Labute approximate surface area is 131 Å². The van der Waals surface area contributed by atoms with E-state index in [1.54, 1.807) is 25.1 Å². The van der Waals surface area contributed by atoms with E-state index < -0.39 is 11.8 Å². The number of carboxylic acid groups (broad SMARTS) is 1. The first-order valence-electron chi connectivity index (χ1n) is 6.05. The second kappa shape index (κ2) is 6.29. The largest absolute Gasteiger partial charge is 0.478 e. The molecule has 21 heavy (non-hydrogen) atoms. The molecule has 0 atom stereocenters. The lowest BCUT2D eigenvalue weighted by atomic mass is 10.0. The van der Waals surface area contributed by atoms with Crippen LogP contribution >= 0.6 is 23.2 Å². The van der Waals surface area contributed by atoms with Gasteiger partial charge in [-0.25, -0.2) is 9.18 Å². The summed E-state index contributed by atoms with van der Waals surface area (Å²) in [4.78, 5) is 11.4. The van der Waals surface area contributed by atoms with E-state index in [1.807, 2.05) is 0 Å². The Kier molecular flexibility index (Phi) is 4.66. The van der Waals surface area contributed by atoms with Crippen LogP contribution in [0.25, 0.3) is 11.6 Å². The molecule has 2 aromatic carbocycles. The fourth-order valence-corrected chi connectivity index (χ4v) is 2.27. The van der Waals surface area contributed by atoms with Crippen molar-refractivity contribution >= 4 is 40.8 Å². The molecule has 0 bridgehead atoms. The maximum absolute atomic E-state index is 13.6. The Bertz CT molecular complexity index is 739. The van der Waals surface area contributed by atoms with Gasteiger partial charge in [0.15, 0.2) is 0 Å². The summed E-state index contributed by atoms with van der Waals surface area (Å²) in [6.45, 7) is 1.61. The zero-order valence-corrected chi connectivity index (χ0v) is 12.5. The van der Waals surface area contributed by atoms with Gasteiger partial charge in [0.1, 0.15) is 5.82 Å². The highest BCUT2D eigenvalue weighted by Gasteiger charge is 2.13. The van der Waals surface area contributed by atoms with Crippen LogP contribution in [-0.2, 0) is 4.79 Å². The van der Waals surface area contributed by atoms with Gasteiger partial charge in [0.05, 0.1) is 5.57 Å². The molecule has 0 fully saturated rings. The zero-order chi connectivity index (χ0) is 15.6. The summed E-state index contributed by atoms with van der Waals surface area (Å²) in [5.74, 6) is -1.62. The van der Waals surface area contributed by atoms with E-state index in [-0.39, 0.29) is 11.1 Å². The predicted octanol–water partition coefficient (Wildman–Crippen LogP) is 5.07. The van der Waals surface area contributed by atoms with Crippen molar-refractivity contribution in [3.63, 3.8) is 0 Å². The first-order chi connectivity index (χ1) is 9.88. The van der Waals surface area contributed by atoms with E-state index in [0.717, 1.165) is 0 Å². The summed E-state index contributed by atoms with van der Waals surface area (Å²) in [7, 11) is 0. The van der Waals surface area contributed by atoms with Gasteiger partial charge in [-0.15, -0.1) is 0 Å². The second-order valence-corrected chi connectivity index (χ2v) is 5.34. The summed E-state index contributed by atoms with van der Waals surface area (Å²) < 4.78 is 13.6. The molecule has 2 aromatic rings. The van der Waals surface area contributed by atoms with Gasteiger partial charge in [0.2, 0.25) is 0 Å². The summed E-state index contributed by atoms with van der Waals surface area (Å²) in [6.07, 6.45) is 1.39. The van der Waals surface area contributed by atoms with Gasteiger partial charge < -0.3 is 5.11 Å². The number of hydrogen-bond acceptors (Lipinski definition) is 1. The lowest BCUT2D eigenvalue weighted by Crippen LogP contribution is -2.00. The van der Waals surface area contributed by atoms with Crippen molar-refractivity contribution in [2.24, 2.45) is 0 Å². The molecule has 0 spiro atoms. The van der Waals surface area contributed by atoms with E-state index in [9.17, 15) is 14.3 Å². The summed E-state index contributed by atoms with van der Waals surface area (Å²) in [5, 5.41) is 10.1. The van der Waals surface area contributed by atoms with Gasteiger partial charge in [-0.1, -0.05) is 41.4 Å². The van der Waals surface area contributed by atoms with E-state index in [4.69, 9.17) is 23.2 Å². The molecule has 2 rings (SSSR count). The van der Waals surface area contributed by atoms with Crippen LogP contribution in [-0.4, -0.2) is 11.1 Å². The molecule has 0 unspecified atom stereocenters. The number of rotatable bonds is 3. The average molecular weight is 325 g/mol. The van der Waals surface area contributed by atoms with E-state index in [0.29, 0.717) is 21.2 Å². The second-order valence-electron chi connectivity index (χ2n) is 4.49. The number of carbonyl (C=O) groups is 1. The molecule has 5 heteroatoms. The smallest absolute Gasteiger partial charge is 0.336 e. The Morgan fingerprint density at radius 3 is 2.48 bits per heavy atom. The van der Waals surface area contributed by atoms with Crippen molar-refractivity contribution in [1.29, 1.82) is 0 Å². The molecule has 2 nitrogen and oxygen atoms in total. The monoisotopic (exact) mass is 324 g/mol. The average Bonchev–Trinajstić information content (AvgIpc) is 2.41. The van der Waals surface area contributed by atoms with Crippen LogP contribution < -0.4 is 0 Å². The first-order valence-corrected chi connectivity index (χ1v) is 6.80. The highest BCUT2D eigenvalue weighted by Crippen LogP contribution is 2.26. The van der Waals surface area contributed by atoms with Crippen molar-refractivity contribution in [2.75, 3.05) is 0 Å². The molecule has 0 saturated heterocycles. The molecule has 0 aliphatic heterocycles. The summed E-state index contributed by atoms with van der Waals surface area (Å²) in [6, 6.07) is 9.02. The SMILES string of the molecule is Cc1ccc(/C(=C/c2ccc(Cl)cc2Cl)C(=O)O)cc1F. The molecule has 108 valence electrons. The molecular weight excluding hydrogens is 314 g/mol. The van der Waals surface area contributed by atoms with Crippen LogP contribution in [0.1, 0.15) is 16.7 Å². The first kappa shape index (κ1) is 15.5. The summed E-state index contributed by atoms with van der Waals surface area (Å²) >= 11 is 11.8. The van der Waals surface area contributed by atoms with Crippen LogP contribution in [0.2, 0.25) is 10.0 Å². The van der Waals surface area contributed by atoms with Gasteiger partial charge in [0.25, 0.3) is 0 Å². The number of halogens is 3. The molecule has 0 radical (unpaired) electrons. The van der Waals surface area contributed by atoms with Crippen molar-refractivity contribution in [3.05, 3.63) is 69.0 Å². The Hall–Kier alpha value is -1.84.